The molecule has 7 nitrogen and oxygen atoms in total. The number of sulfonamides is 1. The zero-order chi connectivity index (χ0) is 28.6. The number of hydrogen-bond donors (Lipinski definition) is 1. The van der Waals surface area contributed by atoms with Crippen LogP contribution < -0.4 is 9.62 Å². The van der Waals surface area contributed by atoms with E-state index < -0.39 is 40.2 Å². The Labute approximate surface area is 234 Å². The molecule has 0 bridgehead atoms. The summed E-state index contributed by atoms with van der Waals surface area (Å²) in [6.07, 6.45) is 1.82. The molecule has 2 amide bonds. The molecule has 1 N–H and O–H groups in total. The number of carbonyl (C=O) groups excluding carboxylic acids is 2. The van der Waals surface area contributed by atoms with Gasteiger partial charge in [0.15, 0.2) is 0 Å². The Hall–Kier alpha value is -3.43. The molecule has 0 saturated heterocycles. The molecule has 3 rings (SSSR count). The minimum Gasteiger partial charge on any atom is -0.352 e. The van der Waals surface area contributed by atoms with E-state index in [4.69, 9.17) is 11.6 Å². The number of nitrogens with one attached hydrogen (secondary N) is 1. The molecule has 0 spiro atoms. The Morgan fingerprint density at radius 1 is 0.974 bits per heavy atom. The summed E-state index contributed by atoms with van der Waals surface area (Å²) in [5.41, 5.74) is 1.24. The first-order chi connectivity index (χ1) is 18.5. The maximum absolute atomic E-state index is 14.8. The predicted octanol–water partition coefficient (Wildman–Crippen LogP) is 4.80. The second-order valence-corrected chi connectivity index (χ2v) is 11.7. The maximum atomic E-state index is 14.8. The average molecular weight is 574 g/mol. The van der Waals surface area contributed by atoms with Crippen LogP contribution in [0, 0.1) is 5.82 Å². The minimum absolute atomic E-state index is 0.156. The minimum atomic E-state index is -3.90. The SMILES string of the molecule is CC[C@H](C)NC(=O)[C@@H](Cc1ccccc1)N(Cc1ccccc1F)C(=O)CN(c1ccc(Cl)cc1)S(C)(=O)=O. The first-order valence-corrected chi connectivity index (χ1v) is 14.8. The summed E-state index contributed by atoms with van der Waals surface area (Å²) >= 11 is 5.98. The van der Waals surface area contributed by atoms with Gasteiger partial charge in [0.2, 0.25) is 21.8 Å². The number of hydrogen-bond acceptors (Lipinski definition) is 4. The smallest absolute Gasteiger partial charge is 0.244 e. The number of anilines is 1. The highest BCUT2D eigenvalue weighted by atomic mass is 35.5. The van der Waals surface area contributed by atoms with E-state index in [0.717, 1.165) is 16.1 Å². The molecule has 2 atom stereocenters. The summed E-state index contributed by atoms with van der Waals surface area (Å²) in [5, 5.41) is 3.34. The van der Waals surface area contributed by atoms with Crippen molar-refractivity contribution in [1.82, 2.24) is 10.2 Å². The van der Waals surface area contributed by atoms with Crippen molar-refractivity contribution in [2.45, 2.75) is 45.3 Å². The number of halogens is 2. The van der Waals surface area contributed by atoms with Crippen LogP contribution in [0.5, 0.6) is 0 Å². The number of rotatable bonds is 12. The summed E-state index contributed by atoms with van der Waals surface area (Å²) < 4.78 is 41.2. The predicted molar refractivity (Wildman–Crippen MR) is 152 cm³/mol. The lowest BCUT2D eigenvalue weighted by Crippen LogP contribution is -2.54. The van der Waals surface area contributed by atoms with Gasteiger partial charge in [0.05, 0.1) is 11.9 Å². The van der Waals surface area contributed by atoms with Crippen LogP contribution in [0.1, 0.15) is 31.4 Å². The van der Waals surface area contributed by atoms with Crippen molar-refractivity contribution in [3.05, 3.63) is 101 Å². The van der Waals surface area contributed by atoms with Crippen LogP contribution >= 0.6 is 11.6 Å². The first-order valence-electron chi connectivity index (χ1n) is 12.6. The quantitative estimate of drug-likeness (QED) is 0.337. The van der Waals surface area contributed by atoms with Crippen LogP contribution in [0.15, 0.2) is 78.9 Å². The third-order valence-corrected chi connectivity index (χ3v) is 7.76. The van der Waals surface area contributed by atoms with Crippen molar-refractivity contribution in [1.29, 1.82) is 0 Å². The lowest BCUT2D eigenvalue weighted by atomic mass is 10.0. The second-order valence-electron chi connectivity index (χ2n) is 9.38. The van der Waals surface area contributed by atoms with Gasteiger partial charge in [-0.2, -0.15) is 0 Å². The molecule has 0 aliphatic carbocycles. The van der Waals surface area contributed by atoms with Gasteiger partial charge >= 0.3 is 0 Å². The summed E-state index contributed by atoms with van der Waals surface area (Å²) in [7, 11) is -3.90. The molecule has 3 aromatic carbocycles. The Balaban J connectivity index is 2.06. The normalized spacial score (nSPS) is 12.8. The molecule has 0 heterocycles. The fraction of sp³-hybridized carbons (Fsp3) is 0.310. The van der Waals surface area contributed by atoms with Gasteiger partial charge in [-0.05, 0) is 49.2 Å². The van der Waals surface area contributed by atoms with E-state index in [2.05, 4.69) is 5.32 Å². The lowest BCUT2D eigenvalue weighted by molar-refractivity contribution is -0.140. The summed E-state index contributed by atoms with van der Waals surface area (Å²) in [6.45, 7) is 2.97. The van der Waals surface area contributed by atoms with Crippen molar-refractivity contribution in [3.8, 4) is 0 Å². The van der Waals surface area contributed by atoms with E-state index in [1.165, 1.54) is 47.4 Å². The molecule has 39 heavy (non-hydrogen) atoms. The summed E-state index contributed by atoms with van der Waals surface area (Å²) in [4.78, 5) is 28.8. The van der Waals surface area contributed by atoms with Gasteiger partial charge in [-0.1, -0.05) is 67.1 Å². The van der Waals surface area contributed by atoms with Crippen molar-refractivity contribution in [3.63, 3.8) is 0 Å². The van der Waals surface area contributed by atoms with Gasteiger partial charge < -0.3 is 10.2 Å². The van der Waals surface area contributed by atoms with Crippen molar-refractivity contribution in [2.24, 2.45) is 0 Å². The maximum Gasteiger partial charge on any atom is 0.244 e. The standard InChI is InChI=1S/C29H33ClFN3O4S/c1-4-21(2)32-29(36)27(18-22-10-6-5-7-11-22)33(19-23-12-8-9-13-26(23)31)28(35)20-34(39(3,37)38)25-16-14-24(30)15-17-25/h5-17,21,27H,4,18-20H2,1-3H3,(H,32,36)/t21-,27+/m0/s1. The molecule has 0 saturated carbocycles. The van der Waals surface area contributed by atoms with Crippen molar-refractivity contribution < 1.29 is 22.4 Å². The molecule has 0 aliphatic rings. The van der Waals surface area contributed by atoms with E-state index in [9.17, 15) is 22.4 Å². The monoisotopic (exact) mass is 573 g/mol. The van der Waals surface area contributed by atoms with Crippen LogP contribution in [0.2, 0.25) is 5.02 Å². The highest BCUT2D eigenvalue weighted by Gasteiger charge is 2.33. The van der Waals surface area contributed by atoms with Gasteiger partial charge in [0.25, 0.3) is 0 Å². The van der Waals surface area contributed by atoms with Gasteiger partial charge in [-0.25, -0.2) is 12.8 Å². The Kier molecular flexibility index (Phi) is 10.5. The van der Waals surface area contributed by atoms with Crippen molar-refractivity contribution in [2.75, 3.05) is 17.1 Å². The number of nitrogens with zero attached hydrogens (tertiary/aromatic N) is 2. The molecule has 208 valence electrons. The zero-order valence-corrected chi connectivity index (χ0v) is 23.8. The Bertz CT molecular complexity index is 1370. The first kappa shape index (κ1) is 30.1. The number of benzene rings is 3. The zero-order valence-electron chi connectivity index (χ0n) is 22.2. The summed E-state index contributed by atoms with van der Waals surface area (Å²) in [5.74, 6) is -1.59. The Morgan fingerprint density at radius 2 is 1.59 bits per heavy atom. The molecular weight excluding hydrogens is 541 g/mol. The highest BCUT2D eigenvalue weighted by molar-refractivity contribution is 7.92. The van der Waals surface area contributed by atoms with Crippen LogP contribution in [-0.2, 0) is 32.6 Å². The van der Waals surface area contributed by atoms with E-state index >= 15 is 0 Å². The van der Waals surface area contributed by atoms with Crippen molar-refractivity contribution >= 4 is 39.1 Å². The molecule has 0 fully saturated rings. The molecule has 0 aliphatic heterocycles. The van der Waals surface area contributed by atoms with Gasteiger partial charge in [0.1, 0.15) is 18.4 Å². The van der Waals surface area contributed by atoms with Gasteiger partial charge in [0, 0.05) is 29.6 Å². The van der Waals surface area contributed by atoms with Gasteiger partial charge in [-0.15, -0.1) is 0 Å². The molecule has 3 aromatic rings. The van der Waals surface area contributed by atoms with Crippen LogP contribution in [0.25, 0.3) is 0 Å². The van der Waals surface area contributed by atoms with Crippen LogP contribution in [0.4, 0.5) is 10.1 Å². The van der Waals surface area contributed by atoms with E-state index in [1.54, 1.807) is 6.07 Å². The highest BCUT2D eigenvalue weighted by Crippen LogP contribution is 2.22. The van der Waals surface area contributed by atoms with E-state index in [-0.39, 0.29) is 30.3 Å². The summed E-state index contributed by atoms with van der Waals surface area (Å²) in [6, 6.07) is 20.0. The fourth-order valence-electron chi connectivity index (χ4n) is 4.03. The molecular formula is C29H33ClFN3O4S. The molecule has 0 aromatic heterocycles. The average Bonchev–Trinajstić information content (AvgIpc) is 2.90. The topological polar surface area (TPSA) is 86.8 Å². The van der Waals surface area contributed by atoms with E-state index in [1.807, 2.05) is 44.2 Å². The van der Waals surface area contributed by atoms with Crippen LogP contribution in [-0.4, -0.2) is 50.0 Å². The van der Waals surface area contributed by atoms with Gasteiger partial charge in [-0.3, -0.25) is 13.9 Å². The third-order valence-electron chi connectivity index (χ3n) is 6.36. The van der Waals surface area contributed by atoms with E-state index in [0.29, 0.717) is 11.4 Å². The lowest BCUT2D eigenvalue weighted by Gasteiger charge is -2.34. The molecule has 0 radical (unpaired) electrons. The fourth-order valence-corrected chi connectivity index (χ4v) is 5.00. The number of amides is 2. The third kappa shape index (κ3) is 8.53. The largest absolute Gasteiger partial charge is 0.352 e. The van der Waals surface area contributed by atoms with Crippen LogP contribution in [0.3, 0.4) is 0 Å². The number of carbonyl (C=O) groups is 2. The molecule has 0 unspecified atom stereocenters. The second kappa shape index (κ2) is 13.6. The Morgan fingerprint density at radius 3 is 2.18 bits per heavy atom. The molecule has 10 heteroatoms.